The Hall–Kier alpha value is -0.850. The van der Waals surface area contributed by atoms with Gasteiger partial charge in [0.2, 0.25) is 0 Å². The normalized spacial score (nSPS) is 29.3. The average molecular weight is 190 g/mol. The van der Waals surface area contributed by atoms with Gasteiger partial charge in [0.1, 0.15) is 0 Å². The summed E-state index contributed by atoms with van der Waals surface area (Å²) in [6.45, 7) is 4.03. The van der Waals surface area contributed by atoms with E-state index in [2.05, 4.69) is 13.0 Å². The van der Waals surface area contributed by atoms with Crippen molar-refractivity contribution in [2.45, 2.75) is 39.5 Å². The summed E-state index contributed by atoms with van der Waals surface area (Å²) in [5.74, 6) is 0.519. The molecule has 1 spiro atoms. The predicted octanol–water partition coefficient (Wildman–Crippen LogP) is 3.27. The molecule has 1 atom stereocenters. The Morgan fingerprint density at radius 3 is 2.79 bits per heavy atom. The van der Waals surface area contributed by atoms with Gasteiger partial charge < -0.3 is 0 Å². The van der Waals surface area contributed by atoms with Gasteiger partial charge in [0.25, 0.3) is 0 Å². The average Bonchev–Trinajstić information content (AvgIpc) is 2.85. The van der Waals surface area contributed by atoms with Crippen LogP contribution in [0.25, 0.3) is 0 Å². The number of hydrogen-bond donors (Lipinski definition) is 0. The van der Waals surface area contributed by atoms with E-state index in [4.69, 9.17) is 0 Å². The van der Waals surface area contributed by atoms with Crippen LogP contribution >= 0.6 is 0 Å². The third-order valence-electron chi connectivity index (χ3n) is 3.68. The fraction of sp³-hybridized carbons (Fsp3) is 0.615. The predicted molar refractivity (Wildman–Crippen MR) is 58.0 cm³/mol. The molecule has 1 unspecified atom stereocenters. The molecule has 2 rings (SSSR count). The molecule has 0 heterocycles. The van der Waals surface area contributed by atoms with Gasteiger partial charge in [-0.2, -0.15) is 0 Å². The van der Waals surface area contributed by atoms with E-state index in [9.17, 15) is 4.79 Å². The Morgan fingerprint density at radius 1 is 1.50 bits per heavy atom. The molecule has 0 aliphatic heterocycles. The topological polar surface area (TPSA) is 17.1 Å². The van der Waals surface area contributed by atoms with E-state index in [0.717, 1.165) is 0 Å². The van der Waals surface area contributed by atoms with Gasteiger partial charge in [-0.05, 0) is 51.0 Å². The smallest absolute Gasteiger partial charge is 0.163 e. The Bertz CT molecular complexity index is 305. The van der Waals surface area contributed by atoms with Crippen LogP contribution in [0, 0.1) is 11.3 Å². The zero-order chi connectivity index (χ0) is 10.2. The van der Waals surface area contributed by atoms with Crippen LogP contribution < -0.4 is 0 Å². The van der Waals surface area contributed by atoms with Gasteiger partial charge in [0.15, 0.2) is 5.78 Å². The van der Waals surface area contributed by atoms with Gasteiger partial charge in [-0.1, -0.05) is 17.7 Å². The highest BCUT2D eigenvalue weighted by atomic mass is 16.1. The number of carbonyl (C=O) groups excluding carboxylic acids is 1. The number of allylic oxidation sites excluding steroid dienone is 4. The second kappa shape index (κ2) is 3.38. The van der Waals surface area contributed by atoms with Crippen LogP contribution in [0.5, 0.6) is 0 Å². The van der Waals surface area contributed by atoms with Crippen LogP contribution in [-0.2, 0) is 4.79 Å². The van der Waals surface area contributed by atoms with E-state index in [1.165, 1.54) is 31.3 Å². The Labute approximate surface area is 85.9 Å². The van der Waals surface area contributed by atoms with E-state index in [1.54, 1.807) is 6.08 Å². The Morgan fingerprint density at radius 2 is 2.21 bits per heavy atom. The van der Waals surface area contributed by atoms with Crippen molar-refractivity contribution in [2.75, 3.05) is 0 Å². The van der Waals surface area contributed by atoms with E-state index >= 15 is 0 Å². The summed E-state index contributed by atoms with van der Waals surface area (Å²) in [6.07, 6.45) is 10.8. The summed E-state index contributed by atoms with van der Waals surface area (Å²) in [4.78, 5) is 11.9. The minimum absolute atomic E-state index is 0.201. The minimum Gasteiger partial charge on any atom is -0.294 e. The molecule has 1 heteroatoms. The molecular formula is C13H18O. The molecule has 2 aliphatic carbocycles. The highest BCUT2D eigenvalue weighted by Gasteiger charge is 2.52. The monoisotopic (exact) mass is 190 g/mol. The van der Waals surface area contributed by atoms with Gasteiger partial charge in [0, 0.05) is 5.92 Å². The molecule has 0 aromatic rings. The first-order chi connectivity index (χ1) is 6.69. The number of carbonyl (C=O) groups is 1. The SMILES string of the molecule is CC=CC(=O)C1C(C)=CCCC12CC2. The molecule has 2 aliphatic rings. The third kappa shape index (κ3) is 1.45. The van der Waals surface area contributed by atoms with Gasteiger partial charge in [-0.25, -0.2) is 0 Å². The molecule has 1 nitrogen and oxygen atoms in total. The van der Waals surface area contributed by atoms with Crippen LogP contribution in [0.4, 0.5) is 0 Å². The maximum atomic E-state index is 11.9. The standard InChI is InChI=1S/C13H18O/c1-3-5-11(14)12-10(2)6-4-7-13(12)8-9-13/h3,5-6,12H,4,7-9H2,1-2H3. The van der Waals surface area contributed by atoms with Gasteiger partial charge in [0.05, 0.1) is 0 Å². The van der Waals surface area contributed by atoms with E-state index in [-0.39, 0.29) is 5.92 Å². The molecule has 14 heavy (non-hydrogen) atoms. The van der Waals surface area contributed by atoms with Gasteiger partial charge in [-0.15, -0.1) is 0 Å². The zero-order valence-corrected chi connectivity index (χ0v) is 9.05. The molecule has 0 aromatic carbocycles. The molecule has 76 valence electrons. The van der Waals surface area contributed by atoms with Crippen molar-refractivity contribution >= 4 is 5.78 Å². The molecule has 1 saturated carbocycles. The summed E-state index contributed by atoms with van der Waals surface area (Å²) in [6, 6.07) is 0. The van der Waals surface area contributed by atoms with Crippen molar-refractivity contribution in [2.24, 2.45) is 11.3 Å². The first kappa shape index (κ1) is 9.70. The van der Waals surface area contributed by atoms with Crippen LogP contribution in [-0.4, -0.2) is 5.78 Å². The number of rotatable bonds is 2. The summed E-state index contributed by atoms with van der Waals surface area (Å²) in [5, 5.41) is 0. The quantitative estimate of drug-likeness (QED) is 0.482. The van der Waals surface area contributed by atoms with Crippen molar-refractivity contribution < 1.29 is 4.79 Å². The van der Waals surface area contributed by atoms with Crippen molar-refractivity contribution in [1.82, 2.24) is 0 Å². The Kier molecular flexibility index (Phi) is 2.34. The van der Waals surface area contributed by atoms with Gasteiger partial charge in [-0.3, -0.25) is 4.79 Å². The summed E-state index contributed by atoms with van der Waals surface area (Å²) in [5.41, 5.74) is 1.67. The first-order valence-electron chi connectivity index (χ1n) is 5.53. The van der Waals surface area contributed by atoms with Crippen molar-refractivity contribution in [3.63, 3.8) is 0 Å². The highest BCUT2D eigenvalue weighted by Crippen LogP contribution is 2.59. The maximum absolute atomic E-state index is 11.9. The lowest BCUT2D eigenvalue weighted by Crippen LogP contribution is -2.27. The molecule has 0 radical (unpaired) electrons. The lowest BCUT2D eigenvalue weighted by Gasteiger charge is -2.29. The molecule has 0 N–H and O–H groups in total. The van der Waals surface area contributed by atoms with E-state index < -0.39 is 0 Å². The number of ketones is 1. The van der Waals surface area contributed by atoms with E-state index in [0.29, 0.717) is 11.2 Å². The van der Waals surface area contributed by atoms with Crippen molar-refractivity contribution in [3.05, 3.63) is 23.8 Å². The summed E-state index contributed by atoms with van der Waals surface area (Å²) < 4.78 is 0. The van der Waals surface area contributed by atoms with E-state index in [1.807, 2.05) is 13.0 Å². The highest BCUT2D eigenvalue weighted by molar-refractivity contribution is 5.94. The molecule has 0 amide bonds. The molecule has 1 fully saturated rings. The van der Waals surface area contributed by atoms with Crippen molar-refractivity contribution in [1.29, 1.82) is 0 Å². The fourth-order valence-corrected chi connectivity index (χ4v) is 2.82. The largest absolute Gasteiger partial charge is 0.294 e. The first-order valence-corrected chi connectivity index (χ1v) is 5.53. The van der Waals surface area contributed by atoms with Crippen LogP contribution in [0.15, 0.2) is 23.8 Å². The fourth-order valence-electron chi connectivity index (χ4n) is 2.82. The third-order valence-corrected chi connectivity index (χ3v) is 3.68. The second-order valence-corrected chi connectivity index (χ2v) is 4.68. The van der Waals surface area contributed by atoms with Crippen LogP contribution in [0.1, 0.15) is 39.5 Å². The lowest BCUT2D eigenvalue weighted by molar-refractivity contribution is -0.119. The number of hydrogen-bond acceptors (Lipinski definition) is 1. The van der Waals surface area contributed by atoms with Crippen LogP contribution in [0.3, 0.4) is 0 Å². The van der Waals surface area contributed by atoms with Crippen molar-refractivity contribution in [3.8, 4) is 0 Å². The minimum atomic E-state index is 0.201. The molecule has 0 bridgehead atoms. The zero-order valence-electron chi connectivity index (χ0n) is 9.05. The lowest BCUT2D eigenvalue weighted by atomic mass is 9.74. The van der Waals surface area contributed by atoms with Gasteiger partial charge >= 0.3 is 0 Å². The molecule has 0 saturated heterocycles. The Balaban J connectivity index is 2.25. The maximum Gasteiger partial charge on any atom is 0.163 e. The van der Waals surface area contributed by atoms with Crippen LogP contribution in [0.2, 0.25) is 0 Å². The molecule has 0 aromatic heterocycles. The second-order valence-electron chi connectivity index (χ2n) is 4.68. The summed E-state index contributed by atoms with van der Waals surface area (Å²) >= 11 is 0. The summed E-state index contributed by atoms with van der Waals surface area (Å²) in [7, 11) is 0. The molecular weight excluding hydrogens is 172 g/mol.